The van der Waals surface area contributed by atoms with Crippen molar-refractivity contribution in [1.29, 1.82) is 0 Å². The molecule has 0 saturated heterocycles. The minimum atomic E-state index is -0.311. The Morgan fingerprint density at radius 2 is 1.71 bits per heavy atom. The zero-order chi connectivity index (χ0) is 24.0. The summed E-state index contributed by atoms with van der Waals surface area (Å²) in [5, 5.41) is 18.4. The van der Waals surface area contributed by atoms with Gasteiger partial charge in [-0.2, -0.15) is 5.10 Å². The molecule has 1 aliphatic heterocycles. The van der Waals surface area contributed by atoms with Crippen LogP contribution in [-0.4, -0.2) is 32.4 Å². The van der Waals surface area contributed by atoms with Gasteiger partial charge in [0.1, 0.15) is 17.1 Å². The maximum absolute atomic E-state index is 13.6. The van der Waals surface area contributed by atoms with Crippen molar-refractivity contribution in [3.05, 3.63) is 99.7 Å². The summed E-state index contributed by atoms with van der Waals surface area (Å²) in [6.45, 7) is 6.41. The van der Waals surface area contributed by atoms with Crippen LogP contribution in [0, 0.1) is 20.8 Å². The number of nitrogens with one attached hydrogen (secondary N) is 1. The molecule has 3 aromatic carbocycles. The van der Waals surface area contributed by atoms with E-state index in [1.54, 1.807) is 11.8 Å². The zero-order valence-electron chi connectivity index (χ0n) is 19.7. The number of hydrogen-bond donors (Lipinski definition) is 2. The number of phenols is 1. The molecule has 6 heteroatoms. The Kier molecular flexibility index (Phi) is 5.70. The smallest absolute Gasteiger partial charge is 0.273 e. The molecule has 5 nitrogen and oxygen atoms in total. The van der Waals surface area contributed by atoms with Crippen LogP contribution in [0.5, 0.6) is 5.75 Å². The predicted octanol–water partition coefficient (Wildman–Crippen LogP) is 6.17. The maximum Gasteiger partial charge on any atom is 0.273 e. The Morgan fingerprint density at radius 3 is 2.38 bits per heavy atom. The molecule has 1 aliphatic rings. The number of carbonyl (C=O) groups excluding carboxylic acids is 1. The number of rotatable bonds is 5. The second-order valence-corrected chi connectivity index (χ2v) is 9.81. The Hall–Kier alpha value is -3.51. The molecule has 34 heavy (non-hydrogen) atoms. The van der Waals surface area contributed by atoms with Gasteiger partial charge in [-0.15, -0.1) is 11.8 Å². The fourth-order valence-electron chi connectivity index (χ4n) is 4.73. The normalized spacial score (nSPS) is 15.1. The van der Waals surface area contributed by atoms with Crippen LogP contribution in [0.25, 0.3) is 11.3 Å². The Morgan fingerprint density at radius 1 is 1.00 bits per heavy atom. The lowest BCUT2D eigenvalue weighted by molar-refractivity contribution is 0.0730. The van der Waals surface area contributed by atoms with Crippen molar-refractivity contribution in [2.75, 3.05) is 6.26 Å². The molecule has 1 atom stereocenters. The molecule has 1 aromatic heterocycles. The molecule has 0 fully saturated rings. The van der Waals surface area contributed by atoms with Crippen LogP contribution in [0.15, 0.2) is 65.6 Å². The standard InChI is InChI=1S/C28H27N3O2S/c1-16-5-7-19(8-6-16)15-31-26(20-9-11-21(34-4)12-10-20)23-24(29-30-25(23)28(31)33)22-14-17(2)13-18(3)27(22)32/h5-14,26,32H,15H2,1-4H3,(H,29,30). The second kappa shape index (κ2) is 8.69. The van der Waals surface area contributed by atoms with Gasteiger partial charge in [-0.1, -0.05) is 48.0 Å². The van der Waals surface area contributed by atoms with Gasteiger partial charge in [-0.05, 0) is 67.5 Å². The van der Waals surface area contributed by atoms with Crippen molar-refractivity contribution >= 4 is 17.7 Å². The number of aromatic hydroxyl groups is 1. The highest BCUT2D eigenvalue weighted by molar-refractivity contribution is 7.98. The third kappa shape index (κ3) is 3.78. The summed E-state index contributed by atoms with van der Waals surface area (Å²) in [7, 11) is 0. The largest absolute Gasteiger partial charge is 0.507 e. The molecule has 172 valence electrons. The summed E-state index contributed by atoms with van der Waals surface area (Å²) < 4.78 is 0. The van der Waals surface area contributed by atoms with Gasteiger partial charge in [0.15, 0.2) is 0 Å². The molecule has 1 unspecified atom stereocenters. The van der Waals surface area contributed by atoms with E-state index in [0.29, 0.717) is 23.5 Å². The number of phenolic OH excluding ortho intramolecular Hbond substituents is 1. The van der Waals surface area contributed by atoms with Gasteiger partial charge in [0.2, 0.25) is 0 Å². The number of benzene rings is 3. The first-order valence-electron chi connectivity index (χ1n) is 11.3. The fraction of sp³-hybridized carbons (Fsp3) is 0.214. The van der Waals surface area contributed by atoms with E-state index in [9.17, 15) is 9.90 Å². The first-order chi connectivity index (χ1) is 16.4. The summed E-state index contributed by atoms with van der Waals surface area (Å²) in [6, 6.07) is 20.2. The summed E-state index contributed by atoms with van der Waals surface area (Å²) in [5.41, 5.74) is 7.65. The van der Waals surface area contributed by atoms with Crippen molar-refractivity contribution in [3.63, 3.8) is 0 Å². The molecule has 0 bridgehead atoms. The molecule has 0 saturated carbocycles. The average Bonchev–Trinajstić information content (AvgIpc) is 3.37. The molecule has 5 rings (SSSR count). The Balaban J connectivity index is 1.67. The molecule has 1 amide bonds. The number of thioether (sulfide) groups is 1. The number of carbonyl (C=O) groups is 1. The van der Waals surface area contributed by atoms with Crippen LogP contribution in [0.2, 0.25) is 0 Å². The van der Waals surface area contributed by atoms with Crippen LogP contribution in [0.1, 0.15) is 49.9 Å². The molecular formula is C28H27N3O2S. The lowest BCUT2D eigenvalue weighted by Crippen LogP contribution is -2.29. The monoisotopic (exact) mass is 469 g/mol. The highest BCUT2D eigenvalue weighted by Gasteiger charge is 2.42. The van der Waals surface area contributed by atoms with Gasteiger partial charge in [0.05, 0.1) is 6.04 Å². The minimum Gasteiger partial charge on any atom is -0.507 e. The topological polar surface area (TPSA) is 69.2 Å². The van der Waals surface area contributed by atoms with Crippen LogP contribution >= 0.6 is 11.8 Å². The van der Waals surface area contributed by atoms with E-state index >= 15 is 0 Å². The fourth-order valence-corrected chi connectivity index (χ4v) is 5.14. The van der Waals surface area contributed by atoms with Gasteiger partial charge >= 0.3 is 0 Å². The lowest BCUT2D eigenvalue weighted by Gasteiger charge is -2.27. The molecule has 0 radical (unpaired) electrons. The van der Waals surface area contributed by atoms with E-state index in [4.69, 9.17) is 0 Å². The molecule has 2 N–H and O–H groups in total. The molecular weight excluding hydrogens is 442 g/mol. The third-order valence-corrected chi connectivity index (χ3v) is 7.21. The number of hydrogen-bond acceptors (Lipinski definition) is 4. The predicted molar refractivity (Wildman–Crippen MR) is 136 cm³/mol. The van der Waals surface area contributed by atoms with Gasteiger partial charge in [-0.25, -0.2) is 0 Å². The van der Waals surface area contributed by atoms with Gasteiger partial charge in [-0.3, -0.25) is 9.89 Å². The van der Waals surface area contributed by atoms with Crippen LogP contribution in [-0.2, 0) is 6.54 Å². The Labute approximate surface area is 203 Å². The van der Waals surface area contributed by atoms with Crippen molar-refractivity contribution in [2.45, 2.75) is 38.3 Å². The van der Waals surface area contributed by atoms with E-state index in [1.165, 1.54) is 5.56 Å². The number of aryl methyl sites for hydroxylation is 3. The van der Waals surface area contributed by atoms with Crippen molar-refractivity contribution < 1.29 is 9.90 Å². The molecule has 0 aliphatic carbocycles. The SMILES string of the molecule is CSc1ccc(C2c3c(-c4cc(C)cc(C)c4O)n[nH]c3C(=O)N2Cc2ccc(C)cc2)cc1. The highest BCUT2D eigenvalue weighted by atomic mass is 32.2. The van der Waals surface area contributed by atoms with E-state index in [-0.39, 0.29) is 17.7 Å². The third-order valence-electron chi connectivity index (χ3n) is 6.47. The van der Waals surface area contributed by atoms with Crippen LogP contribution < -0.4 is 0 Å². The minimum absolute atomic E-state index is 0.0860. The van der Waals surface area contributed by atoms with E-state index in [1.807, 2.05) is 37.1 Å². The summed E-state index contributed by atoms with van der Waals surface area (Å²) in [6.07, 6.45) is 2.05. The summed E-state index contributed by atoms with van der Waals surface area (Å²) in [5.74, 6) is 0.109. The van der Waals surface area contributed by atoms with Crippen molar-refractivity contribution in [3.8, 4) is 17.0 Å². The van der Waals surface area contributed by atoms with Gasteiger partial charge in [0.25, 0.3) is 5.91 Å². The first-order valence-corrected chi connectivity index (χ1v) is 12.5. The summed E-state index contributed by atoms with van der Waals surface area (Å²) >= 11 is 1.69. The van der Waals surface area contributed by atoms with Gasteiger partial charge in [0, 0.05) is 22.6 Å². The molecule has 4 aromatic rings. The van der Waals surface area contributed by atoms with E-state index in [2.05, 4.69) is 65.7 Å². The van der Waals surface area contributed by atoms with Crippen molar-refractivity contribution in [1.82, 2.24) is 15.1 Å². The number of H-pyrrole nitrogens is 1. The number of aromatic nitrogens is 2. The average molecular weight is 470 g/mol. The number of nitrogens with zero attached hydrogens (tertiary/aromatic N) is 2. The maximum atomic E-state index is 13.6. The summed E-state index contributed by atoms with van der Waals surface area (Å²) in [4.78, 5) is 16.7. The zero-order valence-corrected chi connectivity index (χ0v) is 20.5. The lowest BCUT2D eigenvalue weighted by atomic mass is 9.94. The van der Waals surface area contributed by atoms with Crippen molar-refractivity contribution in [2.24, 2.45) is 0 Å². The molecule has 2 heterocycles. The van der Waals surface area contributed by atoms with Gasteiger partial charge < -0.3 is 10.0 Å². The highest BCUT2D eigenvalue weighted by Crippen LogP contribution is 2.46. The number of amides is 1. The Bertz CT molecular complexity index is 1370. The number of aromatic amines is 1. The first kappa shape index (κ1) is 22.3. The quantitative estimate of drug-likeness (QED) is 0.343. The van der Waals surface area contributed by atoms with Crippen LogP contribution in [0.3, 0.4) is 0 Å². The number of fused-ring (bicyclic) bond motifs is 1. The second-order valence-electron chi connectivity index (χ2n) is 8.93. The van der Waals surface area contributed by atoms with Crippen LogP contribution in [0.4, 0.5) is 0 Å². The van der Waals surface area contributed by atoms with E-state index in [0.717, 1.165) is 32.7 Å². The van der Waals surface area contributed by atoms with E-state index < -0.39 is 0 Å². The molecule has 0 spiro atoms.